The van der Waals surface area contributed by atoms with E-state index >= 15 is 0 Å². The van der Waals surface area contributed by atoms with Gasteiger partial charge in [0.1, 0.15) is 5.75 Å². The molecule has 76 valence electrons. The van der Waals surface area contributed by atoms with E-state index in [0.717, 1.165) is 0 Å². The van der Waals surface area contributed by atoms with E-state index < -0.39 is 12.1 Å². The van der Waals surface area contributed by atoms with E-state index in [1.165, 1.54) is 7.11 Å². The maximum atomic E-state index is 10.6. The van der Waals surface area contributed by atoms with Crippen molar-refractivity contribution in [2.45, 2.75) is 6.10 Å². The van der Waals surface area contributed by atoms with E-state index in [4.69, 9.17) is 9.84 Å². The van der Waals surface area contributed by atoms with Gasteiger partial charge in [-0.05, 0) is 12.1 Å². The second-order valence-electron chi connectivity index (χ2n) is 2.60. The lowest BCUT2D eigenvalue weighted by molar-refractivity contribution is -0.147. The second-order valence-corrected chi connectivity index (χ2v) is 3.45. The van der Waals surface area contributed by atoms with Crippen molar-refractivity contribution < 1.29 is 19.7 Å². The van der Waals surface area contributed by atoms with Crippen LogP contribution in [0, 0.1) is 0 Å². The van der Waals surface area contributed by atoms with E-state index in [1.807, 2.05) is 0 Å². The number of rotatable bonds is 3. The van der Waals surface area contributed by atoms with E-state index in [9.17, 15) is 9.90 Å². The monoisotopic (exact) mass is 260 g/mol. The summed E-state index contributed by atoms with van der Waals surface area (Å²) in [4.78, 5) is 10.6. The fourth-order valence-electron chi connectivity index (χ4n) is 1.08. The van der Waals surface area contributed by atoms with Gasteiger partial charge >= 0.3 is 5.97 Å². The normalized spacial score (nSPS) is 12.2. The summed E-state index contributed by atoms with van der Waals surface area (Å²) in [6.45, 7) is 0. The van der Waals surface area contributed by atoms with Crippen molar-refractivity contribution in [2.75, 3.05) is 7.11 Å². The average Bonchev–Trinajstić information content (AvgIpc) is 2.16. The number of halogens is 1. The maximum Gasteiger partial charge on any atom is 0.337 e. The van der Waals surface area contributed by atoms with E-state index in [2.05, 4.69) is 15.9 Å². The Bertz CT molecular complexity index is 351. The van der Waals surface area contributed by atoms with Crippen LogP contribution in [0.25, 0.3) is 0 Å². The summed E-state index contributed by atoms with van der Waals surface area (Å²) in [6.07, 6.45) is -1.58. The molecule has 0 spiro atoms. The first-order valence-electron chi connectivity index (χ1n) is 3.81. The molecule has 1 atom stereocenters. The van der Waals surface area contributed by atoms with Gasteiger partial charge in [-0.15, -0.1) is 0 Å². The highest BCUT2D eigenvalue weighted by molar-refractivity contribution is 9.10. The predicted molar refractivity (Wildman–Crippen MR) is 53.3 cm³/mol. The molecule has 14 heavy (non-hydrogen) atoms. The SMILES string of the molecule is COc1cccc(Br)c1C(O)C(=O)O. The third-order valence-corrected chi connectivity index (χ3v) is 2.43. The molecule has 0 aromatic heterocycles. The highest BCUT2D eigenvalue weighted by Crippen LogP contribution is 2.32. The molecule has 1 aromatic carbocycles. The van der Waals surface area contributed by atoms with Gasteiger partial charge in [0.2, 0.25) is 0 Å². The molecule has 0 bridgehead atoms. The number of hydrogen-bond donors (Lipinski definition) is 2. The highest BCUT2D eigenvalue weighted by Gasteiger charge is 2.22. The molecule has 1 rings (SSSR count). The van der Waals surface area contributed by atoms with E-state index in [0.29, 0.717) is 10.2 Å². The van der Waals surface area contributed by atoms with Crippen LogP contribution in [0.2, 0.25) is 0 Å². The Balaban J connectivity index is 3.23. The molecule has 0 fully saturated rings. The molecular weight excluding hydrogens is 252 g/mol. The summed E-state index contributed by atoms with van der Waals surface area (Å²) in [5.41, 5.74) is 0.225. The highest BCUT2D eigenvalue weighted by atomic mass is 79.9. The van der Waals surface area contributed by atoms with Crippen LogP contribution in [-0.2, 0) is 4.79 Å². The van der Waals surface area contributed by atoms with Crippen LogP contribution in [0.4, 0.5) is 0 Å². The van der Waals surface area contributed by atoms with Gasteiger partial charge in [-0.1, -0.05) is 22.0 Å². The molecule has 0 heterocycles. The molecule has 0 saturated heterocycles. The standard InChI is InChI=1S/C9H9BrO4/c1-14-6-4-2-3-5(10)7(6)8(11)9(12)13/h2-4,8,11H,1H3,(H,12,13). The largest absolute Gasteiger partial charge is 0.496 e. The summed E-state index contributed by atoms with van der Waals surface area (Å²) < 4.78 is 5.45. The van der Waals surface area contributed by atoms with E-state index in [-0.39, 0.29) is 5.56 Å². The lowest BCUT2D eigenvalue weighted by Crippen LogP contribution is -2.12. The molecule has 5 heteroatoms. The van der Waals surface area contributed by atoms with Crippen molar-refractivity contribution in [3.63, 3.8) is 0 Å². The van der Waals surface area contributed by atoms with Gasteiger partial charge in [0, 0.05) is 10.0 Å². The topological polar surface area (TPSA) is 66.8 Å². The van der Waals surface area contributed by atoms with Crippen LogP contribution in [0.15, 0.2) is 22.7 Å². The molecule has 4 nitrogen and oxygen atoms in total. The van der Waals surface area contributed by atoms with Crippen molar-refractivity contribution in [1.82, 2.24) is 0 Å². The Morgan fingerprint density at radius 2 is 2.21 bits per heavy atom. The van der Waals surface area contributed by atoms with E-state index in [1.54, 1.807) is 18.2 Å². The van der Waals surface area contributed by atoms with Gasteiger partial charge in [-0.3, -0.25) is 0 Å². The summed E-state index contributed by atoms with van der Waals surface area (Å²) in [5.74, 6) is -0.968. The van der Waals surface area contributed by atoms with Crippen molar-refractivity contribution in [3.8, 4) is 5.75 Å². The van der Waals surface area contributed by atoms with Crippen LogP contribution in [0.3, 0.4) is 0 Å². The van der Waals surface area contributed by atoms with Gasteiger partial charge in [-0.25, -0.2) is 4.79 Å². The predicted octanol–water partition coefficient (Wildman–Crippen LogP) is 1.58. The van der Waals surface area contributed by atoms with Crippen LogP contribution in [0.5, 0.6) is 5.75 Å². The lowest BCUT2D eigenvalue weighted by atomic mass is 10.1. The third kappa shape index (κ3) is 2.05. The Kier molecular flexibility index (Phi) is 3.49. The first-order chi connectivity index (χ1) is 6.57. The molecule has 0 aliphatic heterocycles. The van der Waals surface area contributed by atoms with Crippen LogP contribution < -0.4 is 4.74 Å². The Morgan fingerprint density at radius 1 is 1.57 bits per heavy atom. The van der Waals surface area contributed by atoms with Crippen molar-refractivity contribution in [3.05, 3.63) is 28.2 Å². The Morgan fingerprint density at radius 3 is 2.71 bits per heavy atom. The summed E-state index contributed by atoms with van der Waals surface area (Å²) in [7, 11) is 1.42. The van der Waals surface area contributed by atoms with Crippen molar-refractivity contribution in [2.24, 2.45) is 0 Å². The molecule has 1 unspecified atom stereocenters. The van der Waals surface area contributed by atoms with Gasteiger partial charge in [0.15, 0.2) is 6.10 Å². The van der Waals surface area contributed by atoms with Gasteiger partial charge in [0.05, 0.1) is 7.11 Å². The minimum Gasteiger partial charge on any atom is -0.496 e. The number of aliphatic hydroxyl groups excluding tert-OH is 1. The fraction of sp³-hybridized carbons (Fsp3) is 0.222. The van der Waals surface area contributed by atoms with Crippen LogP contribution >= 0.6 is 15.9 Å². The first kappa shape index (κ1) is 11.0. The molecule has 1 aromatic rings. The van der Waals surface area contributed by atoms with Crippen LogP contribution in [-0.4, -0.2) is 23.3 Å². The van der Waals surface area contributed by atoms with Gasteiger partial charge in [0.25, 0.3) is 0 Å². The molecular formula is C9H9BrO4. The molecule has 0 radical (unpaired) electrons. The summed E-state index contributed by atoms with van der Waals surface area (Å²) in [5, 5.41) is 18.0. The van der Waals surface area contributed by atoms with Crippen molar-refractivity contribution in [1.29, 1.82) is 0 Å². The number of carboxylic acid groups (broad SMARTS) is 1. The first-order valence-corrected chi connectivity index (χ1v) is 4.60. The zero-order valence-electron chi connectivity index (χ0n) is 7.40. The minimum atomic E-state index is -1.58. The number of hydrogen-bond acceptors (Lipinski definition) is 3. The fourth-order valence-corrected chi connectivity index (χ4v) is 1.65. The molecule has 0 amide bonds. The zero-order valence-corrected chi connectivity index (χ0v) is 8.98. The van der Waals surface area contributed by atoms with Crippen LogP contribution in [0.1, 0.15) is 11.7 Å². The number of carboxylic acids is 1. The average molecular weight is 261 g/mol. The quantitative estimate of drug-likeness (QED) is 0.866. The minimum absolute atomic E-state index is 0.225. The van der Waals surface area contributed by atoms with Gasteiger partial charge < -0.3 is 14.9 Å². The second kappa shape index (κ2) is 4.43. The van der Waals surface area contributed by atoms with Gasteiger partial charge in [-0.2, -0.15) is 0 Å². The number of benzene rings is 1. The number of aliphatic carboxylic acids is 1. The zero-order chi connectivity index (χ0) is 10.7. The molecule has 0 saturated carbocycles. The van der Waals surface area contributed by atoms with Crippen molar-refractivity contribution >= 4 is 21.9 Å². The third-order valence-electron chi connectivity index (χ3n) is 1.74. The summed E-state index contributed by atoms with van der Waals surface area (Å²) in [6, 6.07) is 4.93. The Hall–Kier alpha value is -1.07. The number of methoxy groups -OCH3 is 1. The summed E-state index contributed by atoms with van der Waals surface area (Å²) >= 11 is 3.15. The molecule has 2 N–H and O–H groups in total. The number of carbonyl (C=O) groups is 1. The maximum absolute atomic E-state index is 10.6. The molecule has 0 aliphatic carbocycles. The number of aliphatic hydroxyl groups is 1. The number of ether oxygens (including phenoxy) is 1. The molecule has 0 aliphatic rings. The Labute approximate surface area is 89.3 Å². The smallest absolute Gasteiger partial charge is 0.337 e. The lowest BCUT2D eigenvalue weighted by Gasteiger charge is -2.12.